The number of halogens is 4. The van der Waals surface area contributed by atoms with Gasteiger partial charge in [-0.25, -0.2) is 0 Å². The van der Waals surface area contributed by atoms with Crippen molar-refractivity contribution in [1.29, 1.82) is 0 Å². The quantitative estimate of drug-likeness (QED) is 0.464. The predicted molar refractivity (Wildman–Crippen MR) is 129 cm³/mol. The van der Waals surface area contributed by atoms with E-state index >= 15 is 0 Å². The Kier molecular flexibility index (Phi) is 9.08. The van der Waals surface area contributed by atoms with Gasteiger partial charge < -0.3 is 10.2 Å². The Morgan fingerprint density at radius 1 is 1.00 bits per heavy atom. The molecular formula is C23H26Cl4N2O2. The number of carbonyl (C=O) groups is 2. The first-order valence-corrected chi connectivity index (χ1v) is 11.4. The third-order valence-corrected chi connectivity index (χ3v) is 5.93. The Labute approximate surface area is 203 Å². The largest absolute Gasteiger partial charge is 0.350 e. The zero-order chi connectivity index (χ0) is 23.3. The van der Waals surface area contributed by atoms with Crippen LogP contribution in [-0.4, -0.2) is 28.3 Å². The zero-order valence-corrected chi connectivity index (χ0v) is 21.0. The molecule has 0 saturated heterocycles. The summed E-state index contributed by atoms with van der Waals surface area (Å²) in [5, 5.41) is 4.70. The molecule has 0 spiro atoms. The molecule has 0 bridgehead atoms. The van der Waals surface area contributed by atoms with E-state index in [4.69, 9.17) is 46.4 Å². The lowest BCUT2D eigenvalue weighted by Crippen LogP contribution is -2.53. The van der Waals surface area contributed by atoms with Gasteiger partial charge in [-0.15, -0.1) is 0 Å². The molecular weight excluding hydrogens is 478 g/mol. The van der Waals surface area contributed by atoms with Crippen LogP contribution in [-0.2, 0) is 22.6 Å². The molecule has 0 saturated carbocycles. The maximum absolute atomic E-state index is 13.4. The van der Waals surface area contributed by atoms with Gasteiger partial charge in [-0.2, -0.15) is 0 Å². The number of rotatable bonds is 7. The molecule has 2 aromatic rings. The molecule has 4 nitrogen and oxygen atoms in total. The van der Waals surface area contributed by atoms with Gasteiger partial charge in [0.25, 0.3) is 0 Å². The molecule has 0 fully saturated rings. The summed E-state index contributed by atoms with van der Waals surface area (Å²) in [6.45, 7) is 7.63. The summed E-state index contributed by atoms with van der Waals surface area (Å²) in [5.41, 5.74) is 0.765. The molecule has 2 aromatic carbocycles. The summed E-state index contributed by atoms with van der Waals surface area (Å²) in [5.74, 6) is -0.509. The second kappa shape index (κ2) is 10.9. The third kappa shape index (κ3) is 7.28. The summed E-state index contributed by atoms with van der Waals surface area (Å²) in [7, 11) is 0. The van der Waals surface area contributed by atoms with Gasteiger partial charge in [0.15, 0.2) is 0 Å². The van der Waals surface area contributed by atoms with Gasteiger partial charge in [0.1, 0.15) is 6.04 Å². The zero-order valence-electron chi connectivity index (χ0n) is 17.9. The normalized spacial score (nSPS) is 12.4. The highest BCUT2D eigenvalue weighted by atomic mass is 35.5. The van der Waals surface area contributed by atoms with Gasteiger partial charge in [0.2, 0.25) is 11.8 Å². The molecule has 2 amide bonds. The van der Waals surface area contributed by atoms with Crippen LogP contribution in [0, 0.1) is 0 Å². The van der Waals surface area contributed by atoms with Crippen LogP contribution in [0.4, 0.5) is 0 Å². The van der Waals surface area contributed by atoms with Crippen LogP contribution in [0.2, 0.25) is 20.1 Å². The van der Waals surface area contributed by atoms with Gasteiger partial charge >= 0.3 is 0 Å². The molecule has 0 aromatic heterocycles. The van der Waals surface area contributed by atoms with Crippen molar-refractivity contribution < 1.29 is 9.59 Å². The molecule has 1 atom stereocenters. The lowest BCUT2D eigenvalue weighted by molar-refractivity contribution is -0.141. The Bertz CT molecular complexity index is 937. The van der Waals surface area contributed by atoms with Crippen molar-refractivity contribution in [2.75, 3.05) is 0 Å². The highest BCUT2D eigenvalue weighted by molar-refractivity contribution is 6.36. The molecule has 0 aliphatic rings. The number of hydrogen-bond donors (Lipinski definition) is 1. The SMILES string of the molecule is CCC(C(=O)NC(C)(C)C)N(Cc1c(Cl)cccc1Cl)C(=O)Cc1ccc(Cl)cc1Cl. The van der Waals surface area contributed by atoms with E-state index in [0.717, 1.165) is 0 Å². The maximum atomic E-state index is 13.4. The second-order valence-corrected chi connectivity index (χ2v) is 9.96. The number of carbonyl (C=O) groups excluding carboxylic acids is 2. The number of benzene rings is 2. The lowest BCUT2D eigenvalue weighted by Gasteiger charge is -2.33. The van der Waals surface area contributed by atoms with Crippen LogP contribution in [0.25, 0.3) is 0 Å². The van der Waals surface area contributed by atoms with Crippen molar-refractivity contribution in [1.82, 2.24) is 10.2 Å². The van der Waals surface area contributed by atoms with Crippen LogP contribution in [0.3, 0.4) is 0 Å². The monoisotopic (exact) mass is 502 g/mol. The molecule has 0 aliphatic carbocycles. The molecule has 168 valence electrons. The van der Waals surface area contributed by atoms with Crippen molar-refractivity contribution in [2.45, 2.75) is 58.7 Å². The number of nitrogens with zero attached hydrogens (tertiary/aromatic N) is 1. The standard InChI is InChI=1S/C23H26Cl4N2O2/c1-5-20(22(31)28-23(2,3)4)29(13-16-17(25)7-6-8-18(16)26)21(30)11-14-9-10-15(24)12-19(14)27/h6-10,12,20H,5,11,13H2,1-4H3,(H,28,31). The fourth-order valence-corrected chi connectivity index (χ4v) is 4.15. The average molecular weight is 504 g/mol. The highest BCUT2D eigenvalue weighted by Gasteiger charge is 2.31. The van der Waals surface area contributed by atoms with Crippen LogP contribution in [0.1, 0.15) is 45.2 Å². The van der Waals surface area contributed by atoms with Gasteiger partial charge in [0, 0.05) is 37.7 Å². The van der Waals surface area contributed by atoms with Crippen LogP contribution < -0.4 is 5.32 Å². The average Bonchev–Trinajstić information content (AvgIpc) is 2.64. The molecule has 1 unspecified atom stereocenters. The molecule has 31 heavy (non-hydrogen) atoms. The predicted octanol–water partition coefficient (Wildman–Crippen LogP) is 6.56. The van der Waals surface area contributed by atoms with E-state index in [1.165, 1.54) is 4.90 Å². The number of hydrogen-bond acceptors (Lipinski definition) is 2. The van der Waals surface area contributed by atoms with Crippen LogP contribution in [0.15, 0.2) is 36.4 Å². The van der Waals surface area contributed by atoms with Crippen molar-refractivity contribution >= 4 is 58.2 Å². The Morgan fingerprint density at radius 2 is 1.61 bits per heavy atom. The molecule has 8 heteroatoms. The smallest absolute Gasteiger partial charge is 0.243 e. The van der Waals surface area contributed by atoms with E-state index in [-0.39, 0.29) is 24.8 Å². The maximum Gasteiger partial charge on any atom is 0.243 e. The summed E-state index contributed by atoms with van der Waals surface area (Å²) >= 11 is 25.0. The molecule has 0 radical (unpaired) electrons. The van der Waals surface area contributed by atoms with Gasteiger partial charge in [-0.05, 0) is 57.0 Å². The van der Waals surface area contributed by atoms with E-state index in [1.54, 1.807) is 36.4 Å². The van der Waals surface area contributed by atoms with Crippen molar-refractivity contribution in [2.24, 2.45) is 0 Å². The topological polar surface area (TPSA) is 49.4 Å². The summed E-state index contributed by atoms with van der Waals surface area (Å²) in [6, 6.07) is 9.41. The van der Waals surface area contributed by atoms with Crippen molar-refractivity contribution in [3.05, 3.63) is 67.6 Å². The fourth-order valence-electron chi connectivity index (χ4n) is 3.16. The first kappa shape index (κ1) is 25.8. The van der Waals surface area contributed by atoms with Gasteiger partial charge in [0.05, 0.1) is 6.42 Å². The van der Waals surface area contributed by atoms with Gasteiger partial charge in [-0.1, -0.05) is 65.5 Å². The van der Waals surface area contributed by atoms with Crippen LogP contribution in [0.5, 0.6) is 0 Å². The minimum absolute atomic E-state index is 0.0113. The number of amides is 2. The third-order valence-electron chi connectivity index (χ3n) is 4.63. The molecule has 2 rings (SSSR count). The van der Waals surface area contributed by atoms with Crippen molar-refractivity contribution in [3.63, 3.8) is 0 Å². The molecule has 0 heterocycles. The Balaban J connectivity index is 2.42. The molecule has 1 N–H and O–H groups in total. The van der Waals surface area contributed by atoms with E-state index < -0.39 is 11.6 Å². The van der Waals surface area contributed by atoms with Crippen molar-refractivity contribution in [3.8, 4) is 0 Å². The Morgan fingerprint density at radius 3 is 2.13 bits per heavy atom. The first-order chi connectivity index (χ1) is 14.4. The summed E-state index contributed by atoms with van der Waals surface area (Å²) in [4.78, 5) is 28.0. The van der Waals surface area contributed by atoms with Gasteiger partial charge in [-0.3, -0.25) is 9.59 Å². The second-order valence-electron chi connectivity index (χ2n) is 8.30. The van der Waals surface area contributed by atoms with E-state index in [9.17, 15) is 9.59 Å². The highest BCUT2D eigenvalue weighted by Crippen LogP contribution is 2.28. The minimum Gasteiger partial charge on any atom is -0.350 e. The molecule has 0 aliphatic heterocycles. The van der Waals surface area contributed by atoms with E-state index in [2.05, 4.69) is 5.32 Å². The minimum atomic E-state index is -0.704. The van der Waals surface area contributed by atoms with E-state index in [0.29, 0.717) is 37.6 Å². The Hall–Kier alpha value is -1.46. The number of nitrogens with one attached hydrogen (secondary N) is 1. The summed E-state index contributed by atoms with van der Waals surface area (Å²) in [6.07, 6.45) is 0.432. The van der Waals surface area contributed by atoms with Crippen LogP contribution >= 0.6 is 46.4 Å². The first-order valence-electron chi connectivity index (χ1n) is 9.91. The summed E-state index contributed by atoms with van der Waals surface area (Å²) < 4.78 is 0. The van der Waals surface area contributed by atoms with E-state index in [1.807, 2.05) is 27.7 Å². The lowest BCUT2D eigenvalue weighted by atomic mass is 10.0. The fraction of sp³-hybridized carbons (Fsp3) is 0.391.